The van der Waals surface area contributed by atoms with Crippen LogP contribution in [-0.2, 0) is 14.8 Å². The van der Waals surface area contributed by atoms with E-state index in [4.69, 9.17) is 9.39 Å². The first-order chi connectivity index (χ1) is 15.9. The van der Waals surface area contributed by atoms with Gasteiger partial charge in [-0.25, -0.2) is 0 Å². The van der Waals surface area contributed by atoms with Gasteiger partial charge in [0.15, 0.2) is 0 Å². The molecule has 1 aliphatic rings. The number of rotatable bonds is 11. The molecule has 4 heteroatoms. The summed E-state index contributed by atoms with van der Waals surface area (Å²) in [6, 6.07) is 15.8. The Kier molecular flexibility index (Phi) is 7.87. The van der Waals surface area contributed by atoms with Crippen LogP contribution in [0.25, 0.3) is 6.08 Å². The molecule has 0 amide bonds. The van der Waals surface area contributed by atoms with Crippen molar-refractivity contribution in [3.05, 3.63) is 70.8 Å². The lowest BCUT2D eigenvalue weighted by atomic mass is 9.69. The van der Waals surface area contributed by atoms with Crippen molar-refractivity contribution in [3.8, 4) is 0 Å². The van der Waals surface area contributed by atoms with Crippen LogP contribution in [0.1, 0.15) is 90.0 Å². The van der Waals surface area contributed by atoms with E-state index in [1.165, 1.54) is 22.3 Å². The van der Waals surface area contributed by atoms with Crippen molar-refractivity contribution in [1.29, 1.82) is 0 Å². The maximum absolute atomic E-state index is 10.4. The molecule has 1 saturated heterocycles. The third-order valence-corrected chi connectivity index (χ3v) is 8.29. The molecule has 1 heterocycles. The summed E-state index contributed by atoms with van der Waals surface area (Å²) in [7, 11) is 0.478. The molecule has 0 aliphatic carbocycles. The monoisotopic (exact) mass is 462 g/mol. The molecule has 3 rings (SSSR count). The van der Waals surface area contributed by atoms with E-state index in [1.807, 2.05) is 13.8 Å². The van der Waals surface area contributed by atoms with E-state index < -0.39 is 11.2 Å². The van der Waals surface area contributed by atoms with Crippen LogP contribution in [0, 0.1) is 6.92 Å². The van der Waals surface area contributed by atoms with Crippen molar-refractivity contribution < 1.29 is 14.5 Å². The lowest BCUT2D eigenvalue weighted by molar-refractivity contribution is -0.0893. The Morgan fingerprint density at radius 3 is 2.06 bits per heavy atom. The van der Waals surface area contributed by atoms with E-state index in [0.717, 1.165) is 31.3 Å². The molecule has 1 atom stereocenters. The highest BCUT2D eigenvalue weighted by Gasteiger charge is 2.40. The minimum atomic E-state index is -0.908. The summed E-state index contributed by atoms with van der Waals surface area (Å²) in [6.07, 6.45) is 7.53. The smallest absolute Gasteiger partial charge is 0.309 e. The van der Waals surface area contributed by atoms with Crippen LogP contribution >= 0.6 is 0 Å². The fraction of sp³-hybridized carbons (Fsp3) is 0.533. The topological polar surface area (TPSA) is 42.0 Å². The van der Waals surface area contributed by atoms with Gasteiger partial charge in [0.25, 0.3) is 0 Å². The van der Waals surface area contributed by atoms with Crippen LogP contribution < -0.4 is 5.46 Å². The average molecular weight is 462 g/mol. The van der Waals surface area contributed by atoms with Gasteiger partial charge in [0, 0.05) is 5.41 Å². The lowest BCUT2D eigenvalue weighted by Gasteiger charge is -2.37. The van der Waals surface area contributed by atoms with Gasteiger partial charge in [-0.3, -0.25) is 0 Å². The number of hydrogen-bond donors (Lipinski definition) is 1. The molecule has 1 fully saturated rings. The summed E-state index contributed by atoms with van der Waals surface area (Å²) in [6.45, 7) is 17.2. The molecule has 1 unspecified atom stereocenters. The Bertz CT molecular complexity index is 991. The van der Waals surface area contributed by atoms with Crippen molar-refractivity contribution >= 4 is 19.0 Å². The van der Waals surface area contributed by atoms with Gasteiger partial charge in [-0.05, 0) is 82.2 Å². The van der Waals surface area contributed by atoms with E-state index in [9.17, 15) is 5.11 Å². The third kappa shape index (κ3) is 5.51. The minimum Gasteiger partial charge on any atom is -0.427 e. The second-order valence-corrected chi connectivity index (χ2v) is 11.0. The van der Waals surface area contributed by atoms with Crippen LogP contribution in [0.2, 0.25) is 0 Å². The normalized spacial score (nSPS) is 19.0. The highest BCUT2D eigenvalue weighted by Crippen LogP contribution is 2.40. The maximum Gasteiger partial charge on any atom is 0.309 e. The minimum absolute atomic E-state index is 0.0248. The summed E-state index contributed by atoms with van der Waals surface area (Å²) >= 11 is 0. The molecule has 1 N–H and O–H groups in total. The first-order valence-corrected chi connectivity index (χ1v) is 12.8. The summed E-state index contributed by atoms with van der Waals surface area (Å²) in [4.78, 5) is 0. The molecule has 2 aromatic carbocycles. The summed E-state index contributed by atoms with van der Waals surface area (Å²) in [5.41, 5.74) is 4.78. The van der Waals surface area contributed by atoms with Crippen LogP contribution in [0.3, 0.4) is 0 Å². The molecule has 184 valence electrons. The molecule has 0 radical (unpaired) electrons. The number of epoxide rings is 1. The zero-order chi connectivity index (χ0) is 25.2. The van der Waals surface area contributed by atoms with Gasteiger partial charge in [-0.15, -0.1) is 0 Å². The fourth-order valence-electron chi connectivity index (χ4n) is 4.51. The van der Waals surface area contributed by atoms with E-state index in [1.54, 1.807) is 13.8 Å². The quantitative estimate of drug-likeness (QED) is 0.337. The molecule has 1 aliphatic heterocycles. The predicted octanol–water partition coefficient (Wildman–Crippen LogP) is 5.84. The average Bonchev–Trinajstić information content (AvgIpc) is 3.59. The summed E-state index contributed by atoms with van der Waals surface area (Å²) < 4.78 is 11.7. The SMILES string of the molecule is CCC1(/C=C/c2ccc(C(CC)(CC)c3ccc(BOC(C)(C)C(C)(C)O)cc3)cc2C)CO1. The summed E-state index contributed by atoms with van der Waals surface area (Å²) in [5, 5.41) is 10.4. The zero-order valence-corrected chi connectivity index (χ0v) is 22.5. The predicted molar refractivity (Wildman–Crippen MR) is 145 cm³/mol. The molecule has 0 aromatic heterocycles. The van der Waals surface area contributed by atoms with Gasteiger partial charge in [-0.2, -0.15) is 0 Å². The van der Waals surface area contributed by atoms with Crippen molar-refractivity contribution in [2.75, 3.05) is 6.61 Å². The van der Waals surface area contributed by atoms with Gasteiger partial charge in [0.05, 0.1) is 17.8 Å². The number of ether oxygens (including phenoxy) is 1. The maximum atomic E-state index is 10.4. The van der Waals surface area contributed by atoms with E-state index in [0.29, 0.717) is 7.48 Å². The van der Waals surface area contributed by atoms with Crippen LogP contribution in [0.15, 0.2) is 48.5 Å². The van der Waals surface area contributed by atoms with E-state index in [2.05, 4.69) is 82.3 Å². The number of aryl methyl sites for hydroxylation is 1. The van der Waals surface area contributed by atoms with Gasteiger partial charge < -0.3 is 14.5 Å². The van der Waals surface area contributed by atoms with Crippen molar-refractivity contribution in [1.82, 2.24) is 0 Å². The van der Waals surface area contributed by atoms with E-state index in [-0.39, 0.29) is 11.0 Å². The summed E-state index contributed by atoms with van der Waals surface area (Å²) in [5.74, 6) is 0. The highest BCUT2D eigenvalue weighted by atomic mass is 16.6. The van der Waals surface area contributed by atoms with Crippen LogP contribution in [0.4, 0.5) is 0 Å². The van der Waals surface area contributed by atoms with Crippen molar-refractivity contribution in [3.63, 3.8) is 0 Å². The van der Waals surface area contributed by atoms with Gasteiger partial charge >= 0.3 is 7.48 Å². The molecule has 2 aromatic rings. The first kappa shape index (κ1) is 26.7. The number of aliphatic hydroxyl groups is 1. The lowest BCUT2D eigenvalue weighted by Crippen LogP contribution is -2.49. The van der Waals surface area contributed by atoms with Crippen molar-refractivity contribution in [2.24, 2.45) is 0 Å². The Morgan fingerprint density at radius 1 is 1.00 bits per heavy atom. The molecule has 3 nitrogen and oxygen atoms in total. The van der Waals surface area contributed by atoms with E-state index >= 15 is 0 Å². The van der Waals surface area contributed by atoms with Crippen LogP contribution in [0.5, 0.6) is 0 Å². The fourth-order valence-corrected chi connectivity index (χ4v) is 4.51. The molecule has 0 saturated carbocycles. The Balaban J connectivity index is 1.82. The van der Waals surface area contributed by atoms with Gasteiger partial charge in [0.1, 0.15) is 5.60 Å². The second kappa shape index (κ2) is 10.0. The zero-order valence-electron chi connectivity index (χ0n) is 22.5. The first-order valence-electron chi connectivity index (χ1n) is 12.8. The van der Waals surface area contributed by atoms with Crippen molar-refractivity contribution in [2.45, 2.75) is 96.9 Å². The molecular formula is C30H43BO3. The Labute approximate surface area is 207 Å². The Morgan fingerprint density at radius 2 is 1.59 bits per heavy atom. The van der Waals surface area contributed by atoms with Gasteiger partial charge in [0.2, 0.25) is 0 Å². The Hall–Kier alpha value is -1.88. The van der Waals surface area contributed by atoms with Gasteiger partial charge in [-0.1, -0.05) is 74.8 Å². The second-order valence-electron chi connectivity index (χ2n) is 11.0. The molecule has 0 spiro atoms. The molecule has 34 heavy (non-hydrogen) atoms. The molecular weight excluding hydrogens is 419 g/mol. The van der Waals surface area contributed by atoms with Crippen LogP contribution in [-0.4, -0.2) is 36.0 Å². The largest absolute Gasteiger partial charge is 0.427 e. The number of benzene rings is 2. The molecule has 0 bridgehead atoms. The highest BCUT2D eigenvalue weighted by molar-refractivity contribution is 6.47. The third-order valence-electron chi connectivity index (χ3n) is 8.29. The number of hydrogen-bond acceptors (Lipinski definition) is 3. The standard InChI is InChI=1S/C30H43BO3/c1-9-29(21-33-29)19-18-23-12-13-25(20-22(23)4)30(10-2,11-3)24-14-16-26(17-15-24)31-34-28(7,8)27(5,6)32/h12-20,31-32H,9-11,21H2,1-8H3/b19-18+.